The Kier molecular flexibility index (Phi) is 4.69. The Labute approximate surface area is 83.3 Å². The minimum absolute atomic E-state index is 0.375. The average molecular weight is 201 g/mol. The number of carbonyl (C=O) groups is 2. The van der Waals surface area contributed by atoms with Crippen LogP contribution >= 0.6 is 0 Å². The molecule has 0 heterocycles. The number of allylic oxidation sites excluding steroid dienone is 1. The molecule has 0 aromatic heterocycles. The van der Waals surface area contributed by atoms with E-state index in [1.54, 1.807) is 13.8 Å². The van der Waals surface area contributed by atoms with E-state index in [2.05, 4.69) is 9.47 Å². The molecular formula is C9H15NO4. The van der Waals surface area contributed by atoms with Crippen LogP contribution in [-0.2, 0) is 14.3 Å². The van der Waals surface area contributed by atoms with Crippen LogP contribution in [0.25, 0.3) is 0 Å². The lowest BCUT2D eigenvalue weighted by Gasteiger charge is -2.17. The fraction of sp³-hybridized carbons (Fsp3) is 0.556. The molecule has 0 saturated carbocycles. The summed E-state index contributed by atoms with van der Waals surface area (Å²) in [6.45, 7) is 3.23. The van der Waals surface area contributed by atoms with Gasteiger partial charge in [-0.05, 0) is 13.8 Å². The molecule has 14 heavy (non-hydrogen) atoms. The van der Waals surface area contributed by atoms with E-state index in [-0.39, 0.29) is 0 Å². The topological polar surface area (TPSA) is 55.8 Å². The molecule has 0 radical (unpaired) electrons. The fourth-order valence-electron chi connectivity index (χ4n) is 0.826. The van der Waals surface area contributed by atoms with Crippen LogP contribution < -0.4 is 0 Å². The minimum atomic E-state index is -0.522. The molecule has 0 rings (SSSR count). The van der Waals surface area contributed by atoms with Crippen LogP contribution in [0.15, 0.2) is 11.3 Å². The van der Waals surface area contributed by atoms with Crippen molar-refractivity contribution in [2.24, 2.45) is 0 Å². The molecule has 0 unspecified atom stereocenters. The van der Waals surface area contributed by atoms with E-state index in [1.165, 1.54) is 26.2 Å². The summed E-state index contributed by atoms with van der Waals surface area (Å²) < 4.78 is 9.02. The zero-order valence-electron chi connectivity index (χ0n) is 9.08. The van der Waals surface area contributed by atoms with E-state index in [0.717, 1.165) is 0 Å². The van der Waals surface area contributed by atoms with Gasteiger partial charge in [0.05, 0.1) is 19.8 Å². The van der Waals surface area contributed by atoms with Crippen LogP contribution in [0.4, 0.5) is 4.79 Å². The van der Waals surface area contributed by atoms with Gasteiger partial charge in [-0.3, -0.25) is 4.90 Å². The lowest BCUT2D eigenvalue weighted by atomic mass is 10.2. The Hall–Kier alpha value is -1.52. The second kappa shape index (κ2) is 5.26. The highest BCUT2D eigenvalue weighted by atomic mass is 16.5. The summed E-state index contributed by atoms with van der Waals surface area (Å²) in [7, 11) is 4.09. The van der Waals surface area contributed by atoms with Crippen LogP contribution in [0.5, 0.6) is 0 Å². The number of nitrogens with zero attached hydrogens (tertiary/aromatic N) is 1. The van der Waals surface area contributed by atoms with Crippen LogP contribution in [0.1, 0.15) is 13.8 Å². The quantitative estimate of drug-likeness (QED) is 0.496. The minimum Gasteiger partial charge on any atom is -0.466 e. The Balaban J connectivity index is 4.81. The second-order valence-electron chi connectivity index (χ2n) is 2.73. The third-order valence-corrected chi connectivity index (χ3v) is 1.99. The van der Waals surface area contributed by atoms with Gasteiger partial charge in [0.25, 0.3) is 0 Å². The van der Waals surface area contributed by atoms with Crippen LogP contribution in [-0.4, -0.2) is 38.2 Å². The SMILES string of the molecule is COC(=O)/C(C)=C(/C)N(C)C(=O)OC. The van der Waals surface area contributed by atoms with Crippen molar-refractivity contribution in [2.75, 3.05) is 21.3 Å². The van der Waals surface area contributed by atoms with E-state index in [9.17, 15) is 9.59 Å². The maximum Gasteiger partial charge on any atom is 0.413 e. The first kappa shape index (κ1) is 12.5. The second-order valence-corrected chi connectivity index (χ2v) is 2.73. The van der Waals surface area contributed by atoms with Gasteiger partial charge in [-0.15, -0.1) is 0 Å². The summed E-state index contributed by atoms with van der Waals surface area (Å²) in [4.78, 5) is 23.4. The van der Waals surface area contributed by atoms with Gasteiger partial charge < -0.3 is 9.47 Å². The van der Waals surface area contributed by atoms with E-state index in [4.69, 9.17) is 0 Å². The molecular weight excluding hydrogens is 186 g/mol. The summed E-state index contributed by atoms with van der Waals surface area (Å²) in [6, 6.07) is 0. The summed E-state index contributed by atoms with van der Waals surface area (Å²) in [6.07, 6.45) is -0.522. The highest BCUT2D eigenvalue weighted by molar-refractivity contribution is 5.89. The third kappa shape index (κ3) is 2.76. The molecule has 0 aromatic carbocycles. The first-order chi connectivity index (χ1) is 6.45. The van der Waals surface area contributed by atoms with Crippen molar-refractivity contribution in [3.8, 4) is 0 Å². The molecule has 5 nitrogen and oxygen atoms in total. The van der Waals surface area contributed by atoms with Crippen molar-refractivity contribution in [3.05, 3.63) is 11.3 Å². The number of rotatable bonds is 2. The number of ether oxygens (including phenoxy) is 2. The van der Waals surface area contributed by atoms with Crippen molar-refractivity contribution in [3.63, 3.8) is 0 Å². The van der Waals surface area contributed by atoms with Crippen molar-refractivity contribution in [1.82, 2.24) is 4.90 Å². The number of carbonyl (C=O) groups excluding carboxylic acids is 2. The average Bonchev–Trinajstić information content (AvgIpc) is 2.23. The lowest BCUT2D eigenvalue weighted by Crippen LogP contribution is -2.26. The van der Waals surface area contributed by atoms with Crippen molar-refractivity contribution in [1.29, 1.82) is 0 Å². The van der Waals surface area contributed by atoms with Gasteiger partial charge in [-0.1, -0.05) is 0 Å². The van der Waals surface area contributed by atoms with Crippen LogP contribution in [0.3, 0.4) is 0 Å². The van der Waals surface area contributed by atoms with Crippen molar-refractivity contribution in [2.45, 2.75) is 13.8 Å². The molecule has 80 valence electrons. The third-order valence-electron chi connectivity index (χ3n) is 1.99. The van der Waals surface area contributed by atoms with Crippen molar-refractivity contribution < 1.29 is 19.1 Å². The normalized spacial score (nSPS) is 11.5. The fourth-order valence-corrected chi connectivity index (χ4v) is 0.826. The first-order valence-electron chi connectivity index (χ1n) is 4.03. The van der Waals surface area contributed by atoms with Gasteiger partial charge in [-0.25, -0.2) is 9.59 Å². The molecule has 0 atom stereocenters. The standard InChI is InChI=1S/C9H15NO4/c1-6(8(11)13-4)7(2)10(3)9(12)14-5/h1-5H3/b7-6-. The van der Waals surface area contributed by atoms with Crippen molar-refractivity contribution >= 4 is 12.1 Å². The largest absolute Gasteiger partial charge is 0.466 e. The van der Waals surface area contributed by atoms with Gasteiger partial charge in [-0.2, -0.15) is 0 Å². The molecule has 1 amide bonds. The molecule has 0 fully saturated rings. The number of esters is 1. The molecule has 0 bridgehead atoms. The van der Waals surface area contributed by atoms with E-state index in [1.807, 2.05) is 0 Å². The molecule has 0 spiro atoms. The number of methoxy groups -OCH3 is 2. The van der Waals surface area contributed by atoms with Gasteiger partial charge in [0.15, 0.2) is 0 Å². The number of amides is 1. The summed E-state index contributed by atoms with van der Waals surface area (Å²) in [5.74, 6) is -0.460. The molecule has 0 aliphatic heterocycles. The molecule has 0 aliphatic rings. The highest BCUT2D eigenvalue weighted by Crippen LogP contribution is 2.09. The van der Waals surface area contributed by atoms with Gasteiger partial charge in [0.2, 0.25) is 0 Å². The lowest BCUT2D eigenvalue weighted by molar-refractivity contribution is -0.136. The maximum atomic E-state index is 11.1. The van der Waals surface area contributed by atoms with Gasteiger partial charge in [0.1, 0.15) is 0 Å². The van der Waals surface area contributed by atoms with E-state index in [0.29, 0.717) is 11.3 Å². The molecule has 0 aromatic rings. The van der Waals surface area contributed by atoms with Crippen LogP contribution in [0.2, 0.25) is 0 Å². The molecule has 0 N–H and O–H groups in total. The van der Waals surface area contributed by atoms with E-state index < -0.39 is 12.1 Å². The monoisotopic (exact) mass is 201 g/mol. The maximum absolute atomic E-state index is 11.1. The Bertz CT molecular complexity index is 270. The van der Waals surface area contributed by atoms with Gasteiger partial charge >= 0.3 is 12.1 Å². The zero-order chi connectivity index (χ0) is 11.3. The smallest absolute Gasteiger partial charge is 0.413 e. The Morgan fingerprint density at radius 3 is 1.93 bits per heavy atom. The zero-order valence-corrected chi connectivity index (χ0v) is 9.08. The highest BCUT2D eigenvalue weighted by Gasteiger charge is 2.15. The van der Waals surface area contributed by atoms with E-state index >= 15 is 0 Å². The van der Waals surface area contributed by atoms with Gasteiger partial charge in [0, 0.05) is 12.7 Å². The Morgan fingerprint density at radius 2 is 1.57 bits per heavy atom. The predicted molar refractivity (Wildman–Crippen MR) is 50.6 cm³/mol. The summed E-state index contributed by atoms with van der Waals surface area (Å²) in [5, 5.41) is 0. The van der Waals surface area contributed by atoms with Crippen LogP contribution in [0, 0.1) is 0 Å². The Morgan fingerprint density at radius 1 is 1.07 bits per heavy atom. The first-order valence-corrected chi connectivity index (χ1v) is 4.03. The predicted octanol–water partition coefficient (Wildman–Crippen LogP) is 1.15. The summed E-state index contributed by atoms with van der Waals surface area (Å²) in [5.41, 5.74) is 0.879. The number of hydrogen-bond acceptors (Lipinski definition) is 4. The molecule has 0 aliphatic carbocycles. The number of hydrogen-bond donors (Lipinski definition) is 0. The molecule has 0 saturated heterocycles. The molecule has 5 heteroatoms. The summed E-state index contributed by atoms with van der Waals surface area (Å²) >= 11 is 0.